The zero-order valence-electron chi connectivity index (χ0n) is 22.4. The quantitative estimate of drug-likeness (QED) is 0.243. The molecule has 0 N–H and O–H groups in total. The summed E-state index contributed by atoms with van der Waals surface area (Å²) >= 11 is 1.30. The van der Waals surface area contributed by atoms with Crippen LogP contribution in [0.4, 0.5) is 10.8 Å². The van der Waals surface area contributed by atoms with Crippen molar-refractivity contribution in [1.29, 1.82) is 0 Å². The lowest BCUT2D eigenvalue weighted by Crippen LogP contribution is -2.31. The van der Waals surface area contributed by atoms with Crippen molar-refractivity contribution >= 4 is 48.3 Å². The molecule has 0 fully saturated rings. The molecule has 2 aromatic heterocycles. The van der Waals surface area contributed by atoms with Crippen molar-refractivity contribution in [3.8, 4) is 11.5 Å². The van der Waals surface area contributed by atoms with Crippen molar-refractivity contribution < 1.29 is 22.7 Å². The van der Waals surface area contributed by atoms with Gasteiger partial charge < -0.3 is 9.47 Å². The van der Waals surface area contributed by atoms with Crippen molar-refractivity contribution in [2.45, 2.75) is 17.9 Å². The van der Waals surface area contributed by atoms with Crippen LogP contribution in [0.15, 0.2) is 90.0 Å². The fraction of sp³-hybridized carbons (Fsp3) is 0.167. The van der Waals surface area contributed by atoms with Crippen LogP contribution < -0.4 is 18.7 Å². The van der Waals surface area contributed by atoms with Crippen molar-refractivity contribution in [2.75, 3.05) is 30.0 Å². The first-order valence-corrected chi connectivity index (χ1v) is 15.1. The summed E-state index contributed by atoms with van der Waals surface area (Å²) in [6.07, 6.45) is 2.32. The molecule has 1 aliphatic heterocycles. The number of methoxy groups -OCH3 is 2. The molecule has 6 rings (SSSR count). The van der Waals surface area contributed by atoms with E-state index in [-0.39, 0.29) is 17.3 Å². The molecule has 0 saturated carbocycles. The Bertz CT molecular complexity index is 1800. The van der Waals surface area contributed by atoms with E-state index in [1.165, 1.54) is 44.8 Å². The predicted molar refractivity (Wildman–Crippen MR) is 159 cm³/mol. The number of ether oxygens (including phenoxy) is 2. The van der Waals surface area contributed by atoms with Crippen LogP contribution >= 0.6 is 11.3 Å². The lowest BCUT2D eigenvalue weighted by Gasteiger charge is -2.21. The Hall–Kier alpha value is -4.48. The van der Waals surface area contributed by atoms with Crippen LogP contribution in [-0.2, 0) is 23.0 Å². The molecule has 1 amide bonds. The number of pyridine rings is 1. The Morgan fingerprint density at radius 3 is 2.41 bits per heavy atom. The maximum atomic E-state index is 14.0. The second-order valence-electron chi connectivity index (χ2n) is 9.34. The molecule has 0 aliphatic carbocycles. The van der Waals surface area contributed by atoms with E-state index in [0.717, 1.165) is 10.3 Å². The molecular weight excluding hydrogens is 560 g/mol. The van der Waals surface area contributed by atoms with Crippen LogP contribution in [0.25, 0.3) is 10.2 Å². The van der Waals surface area contributed by atoms with Gasteiger partial charge in [-0.3, -0.25) is 19.0 Å². The summed E-state index contributed by atoms with van der Waals surface area (Å²) in [5.74, 6) is 0.836. The van der Waals surface area contributed by atoms with Crippen LogP contribution in [0, 0.1) is 0 Å². The van der Waals surface area contributed by atoms with Gasteiger partial charge in [-0.05, 0) is 66.6 Å². The number of carbonyl (C=O) groups is 1. The van der Waals surface area contributed by atoms with E-state index in [1.807, 2.05) is 36.4 Å². The number of carbonyl (C=O) groups excluding carboxylic acids is 1. The third-order valence-corrected chi connectivity index (χ3v) is 9.88. The molecule has 0 bridgehead atoms. The van der Waals surface area contributed by atoms with Gasteiger partial charge in [0.1, 0.15) is 21.7 Å². The van der Waals surface area contributed by atoms with E-state index in [9.17, 15) is 13.2 Å². The highest BCUT2D eigenvalue weighted by Gasteiger charge is 2.31. The van der Waals surface area contributed by atoms with Gasteiger partial charge in [0.25, 0.3) is 15.9 Å². The molecule has 0 saturated heterocycles. The maximum Gasteiger partial charge on any atom is 0.264 e. The highest BCUT2D eigenvalue weighted by molar-refractivity contribution is 7.92. The fourth-order valence-corrected chi connectivity index (χ4v) is 7.46. The van der Waals surface area contributed by atoms with Gasteiger partial charge in [0.05, 0.1) is 37.0 Å². The molecule has 11 heteroatoms. The van der Waals surface area contributed by atoms with Gasteiger partial charge in [-0.2, -0.15) is 0 Å². The molecule has 0 atom stereocenters. The summed E-state index contributed by atoms with van der Waals surface area (Å²) in [4.78, 5) is 24.8. The number of aromatic nitrogens is 2. The van der Waals surface area contributed by atoms with Gasteiger partial charge in [0.2, 0.25) is 0 Å². The molecule has 0 unspecified atom stereocenters. The zero-order chi connectivity index (χ0) is 28.6. The van der Waals surface area contributed by atoms with Crippen LogP contribution in [0.1, 0.15) is 21.6 Å². The number of rotatable bonds is 8. The lowest BCUT2D eigenvalue weighted by atomic mass is 10.2. The van der Waals surface area contributed by atoms with Crippen molar-refractivity contribution in [1.82, 2.24) is 9.97 Å². The maximum absolute atomic E-state index is 14.0. The molecule has 208 valence electrons. The van der Waals surface area contributed by atoms with E-state index in [1.54, 1.807) is 38.6 Å². The number of thiazole rings is 1. The lowest BCUT2D eigenvalue weighted by molar-refractivity contribution is 0.0984. The van der Waals surface area contributed by atoms with Gasteiger partial charge in [-0.25, -0.2) is 13.4 Å². The zero-order valence-corrected chi connectivity index (χ0v) is 24.0. The van der Waals surface area contributed by atoms with Crippen LogP contribution in [0.3, 0.4) is 0 Å². The average molecular weight is 587 g/mol. The summed E-state index contributed by atoms with van der Waals surface area (Å²) in [5, 5.41) is 0.434. The molecular formula is C30H26N4O5S2. The number of anilines is 2. The van der Waals surface area contributed by atoms with Crippen LogP contribution in [0.2, 0.25) is 0 Å². The Morgan fingerprint density at radius 2 is 1.68 bits per heavy atom. The third kappa shape index (κ3) is 4.87. The van der Waals surface area contributed by atoms with E-state index >= 15 is 0 Å². The van der Waals surface area contributed by atoms with Crippen molar-refractivity contribution in [3.05, 3.63) is 102 Å². The van der Waals surface area contributed by atoms with Gasteiger partial charge in [-0.15, -0.1) is 0 Å². The fourth-order valence-electron chi connectivity index (χ4n) is 4.88. The first-order valence-electron chi connectivity index (χ1n) is 12.8. The number of hydrogen-bond donors (Lipinski definition) is 0. The summed E-state index contributed by atoms with van der Waals surface area (Å²) in [6.45, 7) is 0.541. The number of fused-ring (bicyclic) bond motifs is 2. The smallest absolute Gasteiger partial charge is 0.264 e. The van der Waals surface area contributed by atoms with Crippen molar-refractivity contribution in [2.24, 2.45) is 0 Å². The minimum atomic E-state index is -3.79. The molecule has 0 spiro atoms. The normalized spacial score (nSPS) is 12.8. The van der Waals surface area contributed by atoms with Gasteiger partial charge >= 0.3 is 0 Å². The topological polar surface area (TPSA) is 102 Å². The van der Waals surface area contributed by atoms with E-state index in [4.69, 9.17) is 14.5 Å². The van der Waals surface area contributed by atoms with Crippen molar-refractivity contribution in [3.63, 3.8) is 0 Å². The van der Waals surface area contributed by atoms with Gasteiger partial charge in [-0.1, -0.05) is 35.6 Å². The molecule has 9 nitrogen and oxygen atoms in total. The molecule has 1 aliphatic rings. The second kappa shape index (κ2) is 10.8. The summed E-state index contributed by atoms with van der Waals surface area (Å²) in [5.41, 5.74) is 3.26. The Balaban J connectivity index is 1.36. The molecule has 3 heterocycles. The highest BCUT2D eigenvalue weighted by Crippen LogP contribution is 2.41. The molecule has 5 aromatic rings. The second-order valence-corrected chi connectivity index (χ2v) is 12.2. The number of benzene rings is 3. The summed E-state index contributed by atoms with van der Waals surface area (Å²) in [7, 11) is -0.648. The van der Waals surface area contributed by atoms with Gasteiger partial charge in [0.15, 0.2) is 5.13 Å². The largest absolute Gasteiger partial charge is 0.495 e. The average Bonchev–Trinajstić information content (AvgIpc) is 3.65. The Kier molecular flexibility index (Phi) is 7.06. The van der Waals surface area contributed by atoms with E-state index in [0.29, 0.717) is 52.1 Å². The minimum Gasteiger partial charge on any atom is -0.495 e. The van der Waals surface area contributed by atoms with Crippen LogP contribution in [0.5, 0.6) is 11.5 Å². The van der Waals surface area contributed by atoms with E-state index in [2.05, 4.69) is 4.98 Å². The number of sulfonamides is 1. The summed E-state index contributed by atoms with van der Waals surface area (Å²) < 4.78 is 40.2. The highest BCUT2D eigenvalue weighted by atomic mass is 32.2. The monoisotopic (exact) mass is 586 g/mol. The molecule has 41 heavy (non-hydrogen) atoms. The Labute approximate surface area is 241 Å². The molecule has 3 aromatic carbocycles. The first-order chi connectivity index (χ1) is 19.9. The minimum absolute atomic E-state index is 0.122. The molecule has 0 radical (unpaired) electrons. The third-order valence-electron chi connectivity index (χ3n) is 6.96. The summed E-state index contributed by atoms with van der Waals surface area (Å²) in [6, 6.07) is 22.6. The van der Waals surface area contributed by atoms with E-state index < -0.39 is 10.0 Å². The predicted octanol–water partition coefficient (Wildman–Crippen LogP) is 5.31. The number of amides is 1. The first kappa shape index (κ1) is 26.7. The SMILES string of the molecule is COc1ccc(OC)c2sc(N(Cc3ccccn3)C(=O)c3ccc(S(=O)(=O)N4CCc5ccccc54)cc3)nc12. The number of para-hydroxylation sites is 1. The number of nitrogens with zero attached hydrogens (tertiary/aromatic N) is 4. The van der Waals surface area contributed by atoms with Gasteiger partial charge in [0, 0.05) is 18.3 Å². The Morgan fingerprint density at radius 1 is 0.951 bits per heavy atom. The standard InChI is InChI=1S/C30H26N4O5S2/c1-38-25-14-15-26(39-2)28-27(25)32-30(40-28)33(19-22-8-5-6-17-31-22)29(35)21-10-12-23(13-11-21)41(36,37)34-18-16-20-7-3-4-9-24(20)34/h3-15,17H,16,18-19H2,1-2H3. The number of hydrogen-bond acceptors (Lipinski definition) is 8. The van der Waals surface area contributed by atoms with Crippen LogP contribution in [-0.4, -0.2) is 45.1 Å².